The average molecular weight is 444 g/mol. The van der Waals surface area contributed by atoms with Crippen molar-refractivity contribution in [3.63, 3.8) is 0 Å². The van der Waals surface area contributed by atoms with E-state index in [0.717, 1.165) is 58.6 Å². The van der Waals surface area contributed by atoms with Crippen molar-refractivity contribution in [2.45, 2.75) is 19.9 Å². The molecule has 0 saturated carbocycles. The first-order valence-corrected chi connectivity index (χ1v) is 10.4. The Hall–Kier alpha value is -3.55. The van der Waals surface area contributed by atoms with E-state index in [1.54, 1.807) is 0 Å². The molecule has 2 aromatic carbocycles. The van der Waals surface area contributed by atoms with Crippen LogP contribution < -0.4 is 5.32 Å². The summed E-state index contributed by atoms with van der Waals surface area (Å²) in [6.07, 6.45) is 6.72. The summed E-state index contributed by atoms with van der Waals surface area (Å²) in [6.45, 7) is 4.02. The van der Waals surface area contributed by atoms with E-state index in [2.05, 4.69) is 74.1 Å². The second-order valence-corrected chi connectivity index (χ2v) is 7.95. The van der Waals surface area contributed by atoms with Gasteiger partial charge in [-0.15, -0.1) is 17.5 Å². The molecule has 7 nitrogen and oxygen atoms in total. The molecule has 1 aliphatic rings. The molecule has 1 aliphatic heterocycles. The minimum Gasteiger partial charge on any atom is -0.312 e. The third-order valence-corrected chi connectivity index (χ3v) is 5.99. The zero-order chi connectivity index (χ0) is 20.8. The molecule has 2 N–H and O–H groups in total. The molecule has 6 rings (SSSR count). The van der Waals surface area contributed by atoms with Gasteiger partial charge >= 0.3 is 0 Å². The van der Waals surface area contributed by atoms with E-state index in [-0.39, 0.29) is 12.4 Å². The van der Waals surface area contributed by atoms with Crippen LogP contribution in [-0.2, 0) is 13.0 Å². The molecule has 0 amide bonds. The lowest BCUT2D eigenvalue weighted by Crippen LogP contribution is -2.23. The van der Waals surface area contributed by atoms with Crippen molar-refractivity contribution < 1.29 is 0 Å². The van der Waals surface area contributed by atoms with E-state index in [0.29, 0.717) is 0 Å². The van der Waals surface area contributed by atoms with E-state index in [9.17, 15) is 0 Å². The predicted molar refractivity (Wildman–Crippen MR) is 127 cm³/mol. The van der Waals surface area contributed by atoms with E-state index >= 15 is 0 Å². The highest BCUT2D eigenvalue weighted by atomic mass is 35.5. The minimum absolute atomic E-state index is 0. The summed E-state index contributed by atoms with van der Waals surface area (Å²) in [4.78, 5) is 4.28. The number of halogens is 1. The SMILES string of the molecule is Cc1ccncc1-c1ccc2[nH]nc(-c3cn(-c4ccc5c(c4)CNCC5)nn3)c2c1.Cl. The molecule has 4 heterocycles. The fraction of sp³-hybridized carbons (Fsp3) is 0.167. The lowest BCUT2D eigenvalue weighted by molar-refractivity contribution is 0.642. The first kappa shape index (κ1) is 20.4. The second-order valence-electron chi connectivity index (χ2n) is 7.95. The molecular formula is C24H22ClN7. The summed E-state index contributed by atoms with van der Waals surface area (Å²) in [5, 5.41) is 20.9. The summed E-state index contributed by atoms with van der Waals surface area (Å²) in [5.74, 6) is 0. The van der Waals surface area contributed by atoms with Gasteiger partial charge in [0.15, 0.2) is 0 Å². The highest BCUT2D eigenvalue weighted by Gasteiger charge is 2.15. The molecule has 0 atom stereocenters. The molecule has 0 saturated heterocycles. The molecule has 3 aromatic heterocycles. The maximum atomic E-state index is 4.53. The van der Waals surface area contributed by atoms with Crippen molar-refractivity contribution in [3.8, 4) is 28.2 Å². The summed E-state index contributed by atoms with van der Waals surface area (Å²) in [6, 6.07) is 14.8. The first-order valence-electron chi connectivity index (χ1n) is 10.4. The van der Waals surface area contributed by atoms with Gasteiger partial charge in [-0.3, -0.25) is 10.1 Å². The maximum absolute atomic E-state index is 4.53. The lowest BCUT2D eigenvalue weighted by Gasteiger charge is -2.17. The van der Waals surface area contributed by atoms with Gasteiger partial charge in [0.25, 0.3) is 0 Å². The Kier molecular flexibility index (Phi) is 5.20. The summed E-state index contributed by atoms with van der Waals surface area (Å²) in [5.41, 5.74) is 9.64. The van der Waals surface area contributed by atoms with Gasteiger partial charge < -0.3 is 5.32 Å². The van der Waals surface area contributed by atoms with Crippen LogP contribution in [0.1, 0.15) is 16.7 Å². The Balaban J connectivity index is 0.00000216. The minimum atomic E-state index is 0. The van der Waals surface area contributed by atoms with Crippen molar-refractivity contribution in [2.24, 2.45) is 0 Å². The number of H-pyrrole nitrogens is 1. The van der Waals surface area contributed by atoms with E-state index in [4.69, 9.17) is 0 Å². The number of hydrogen-bond donors (Lipinski definition) is 2. The fourth-order valence-electron chi connectivity index (χ4n) is 4.25. The summed E-state index contributed by atoms with van der Waals surface area (Å²) >= 11 is 0. The molecule has 0 bridgehead atoms. The highest BCUT2D eigenvalue weighted by Crippen LogP contribution is 2.31. The van der Waals surface area contributed by atoms with Crippen LogP contribution in [0.15, 0.2) is 61.1 Å². The van der Waals surface area contributed by atoms with Crippen molar-refractivity contribution in [3.05, 3.63) is 77.7 Å². The number of nitrogens with one attached hydrogen (secondary N) is 2. The number of benzene rings is 2. The van der Waals surface area contributed by atoms with Crippen molar-refractivity contribution in [1.29, 1.82) is 0 Å². The van der Waals surface area contributed by atoms with Gasteiger partial charge in [-0.1, -0.05) is 17.3 Å². The maximum Gasteiger partial charge on any atom is 0.134 e. The number of nitrogens with zero attached hydrogens (tertiary/aromatic N) is 5. The zero-order valence-electron chi connectivity index (χ0n) is 17.5. The van der Waals surface area contributed by atoms with Crippen molar-refractivity contribution >= 4 is 23.3 Å². The Morgan fingerprint density at radius 3 is 2.88 bits per heavy atom. The standard InChI is InChI=1S/C24H21N7.ClH/c1-15-6-8-26-13-21(15)17-3-5-22-20(11-17)24(29-27-22)23-14-31(30-28-23)19-4-2-16-7-9-25-12-18(16)10-19;/h2-6,8,10-11,13-14,25H,7,9,12H2,1H3,(H,27,29);1H. The molecule has 0 spiro atoms. The van der Waals surface area contributed by atoms with Crippen LogP contribution in [0.4, 0.5) is 0 Å². The third kappa shape index (κ3) is 3.45. The Morgan fingerprint density at radius 1 is 1.03 bits per heavy atom. The van der Waals surface area contributed by atoms with Gasteiger partial charge in [-0.25, -0.2) is 4.68 Å². The van der Waals surface area contributed by atoms with Crippen LogP contribution in [0.25, 0.3) is 39.1 Å². The fourth-order valence-corrected chi connectivity index (χ4v) is 4.25. The number of pyridine rings is 1. The number of hydrogen-bond acceptors (Lipinski definition) is 5. The van der Waals surface area contributed by atoms with Crippen LogP contribution in [-0.4, -0.2) is 36.7 Å². The monoisotopic (exact) mass is 443 g/mol. The summed E-state index contributed by atoms with van der Waals surface area (Å²) < 4.78 is 1.82. The first-order chi connectivity index (χ1) is 15.3. The molecule has 8 heteroatoms. The quantitative estimate of drug-likeness (QED) is 0.435. The number of rotatable bonds is 3. The largest absolute Gasteiger partial charge is 0.312 e. The molecule has 32 heavy (non-hydrogen) atoms. The predicted octanol–water partition coefficient (Wildman–Crippen LogP) is 4.25. The van der Waals surface area contributed by atoms with Crippen molar-refractivity contribution in [1.82, 2.24) is 35.5 Å². The number of aromatic amines is 1. The van der Waals surface area contributed by atoms with Crippen LogP contribution in [0.5, 0.6) is 0 Å². The molecule has 160 valence electrons. The lowest BCUT2D eigenvalue weighted by atomic mass is 10.0. The summed E-state index contributed by atoms with van der Waals surface area (Å²) in [7, 11) is 0. The average Bonchev–Trinajstić information content (AvgIpc) is 3.46. The highest BCUT2D eigenvalue weighted by molar-refractivity contribution is 5.95. The molecule has 0 fully saturated rings. The van der Waals surface area contributed by atoms with Gasteiger partial charge in [0.05, 0.1) is 17.4 Å². The zero-order valence-corrected chi connectivity index (χ0v) is 18.4. The van der Waals surface area contributed by atoms with Gasteiger partial charge in [0.2, 0.25) is 0 Å². The Labute approximate surface area is 191 Å². The Bertz CT molecular complexity index is 1420. The number of fused-ring (bicyclic) bond motifs is 2. The van der Waals surface area contributed by atoms with Crippen LogP contribution >= 0.6 is 12.4 Å². The van der Waals surface area contributed by atoms with Crippen molar-refractivity contribution in [2.75, 3.05) is 6.54 Å². The smallest absolute Gasteiger partial charge is 0.134 e. The second kappa shape index (κ2) is 8.18. The van der Waals surface area contributed by atoms with E-state index < -0.39 is 0 Å². The van der Waals surface area contributed by atoms with E-state index in [1.807, 2.05) is 29.3 Å². The number of aromatic nitrogens is 6. The van der Waals surface area contributed by atoms with Crippen LogP contribution in [0, 0.1) is 6.92 Å². The van der Waals surface area contributed by atoms with E-state index in [1.165, 1.54) is 16.7 Å². The topological polar surface area (TPSA) is 84.3 Å². The molecule has 0 unspecified atom stereocenters. The van der Waals surface area contributed by atoms with Gasteiger partial charge in [-0.05, 0) is 72.5 Å². The molecule has 0 aliphatic carbocycles. The molecule has 0 radical (unpaired) electrons. The Morgan fingerprint density at radius 2 is 1.97 bits per heavy atom. The molecular weight excluding hydrogens is 422 g/mol. The van der Waals surface area contributed by atoms with Crippen LogP contribution in [0.3, 0.4) is 0 Å². The van der Waals surface area contributed by atoms with Crippen LogP contribution in [0.2, 0.25) is 0 Å². The van der Waals surface area contributed by atoms with Gasteiger partial charge in [-0.2, -0.15) is 5.10 Å². The van der Waals surface area contributed by atoms with Gasteiger partial charge in [0, 0.05) is 29.9 Å². The van der Waals surface area contributed by atoms with Gasteiger partial charge in [0.1, 0.15) is 11.4 Å². The normalized spacial score (nSPS) is 13.0. The number of aryl methyl sites for hydroxylation is 1. The third-order valence-electron chi connectivity index (χ3n) is 5.99. The molecule has 5 aromatic rings.